The SMILES string of the molecule is C[C@H](C(=O)O)N(c1cc(Cl)cc(Cl)c1)S(C)(=O)=O. The summed E-state index contributed by atoms with van der Waals surface area (Å²) < 4.78 is 24.1. The predicted molar refractivity (Wildman–Crippen MR) is 70.9 cm³/mol. The van der Waals surface area contributed by atoms with Crippen LogP contribution in [0.4, 0.5) is 5.69 Å². The first-order chi connectivity index (χ1) is 8.12. The molecule has 0 aliphatic carbocycles. The molecule has 0 fully saturated rings. The number of carbonyl (C=O) groups is 1. The average molecular weight is 312 g/mol. The number of aliphatic carboxylic acids is 1. The third-order valence-electron chi connectivity index (χ3n) is 2.17. The first kappa shape index (κ1) is 15.1. The lowest BCUT2D eigenvalue weighted by Gasteiger charge is -2.26. The number of hydrogen-bond acceptors (Lipinski definition) is 3. The molecule has 100 valence electrons. The van der Waals surface area contributed by atoms with Crippen molar-refractivity contribution in [1.29, 1.82) is 0 Å². The smallest absolute Gasteiger partial charge is 0.327 e. The lowest BCUT2D eigenvalue weighted by Crippen LogP contribution is -2.42. The van der Waals surface area contributed by atoms with E-state index in [0.29, 0.717) is 0 Å². The van der Waals surface area contributed by atoms with Crippen LogP contribution < -0.4 is 4.31 Å². The van der Waals surface area contributed by atoms with E-state index in [4.69, 9.17) is 28.3 Å². The predicted octanol–water partition coefficient (Wildman–Crippen LogP) is 2.23. The summed E-state index contributed by atoms with van der Waals surface area (Å²) in [7, 11) is -3.76. The van der Waals surface area contributed by atoms with Crippen LogP contribution in [-0.4, -0.2) is 31.8 Å². The van der Waals surface area contributed by atoms with Crippen molar-refractivity contribution in [2.45, 2.75) is 13.0 Å². The summed E-state index contributed by atoms with van der Waals surface area (Å²) in [6.45, 7) is 1.26. The zero-order chi connectivity index (χ0) is 14.1. The van der Waals surface area contributed by atoms with E-state index in [9.17, 15) is 13.2 Å². The lowest BCUT2D eigenvalue weighted by atomic mass is 10.2. The Balaban J connectivity index is 3.40. The highest BCUT2D eigenvalue weighted by molar-refractivity contribution is 7.92. The zero-order valence-electron chi connectivity index (χ0n) is 9.59. The molecule has 5 nitrogen and oxygen atoms in total. The first-order valence-corrected chi connectivity index (χ1v) is 7.41. The molecular weight excluding hydrogens is 301 g/mol. The molecule has 0 saturated heterocycles. The maximum absolute atomic E-state index is 11.7. The Hall–Kier alpha value is -0.980. The molecule has 0 aliphatic heterocycles. The molecule has 1 aromatic rings. The Bertz CT molecular complexity index is 553. The lowest BCUT2D eigenvalue weighted by molar-refractivity contribution is -0.137. The van der Waals surface area contributed by atoms with Crippen molar-refractivity contribution in [2.24, 2.45) is 0 Å². The summed E-state index contributed by atoms with van der Waals surface area (Å²) in [5.74, 6) is -1.27. The zero-order valence-corrected chi connectivity index (χ0v) is 11.9. The van der Waals surface area contributed by atoms with E-state index in [1.165, 1.54) is 25.1 Å². The van der Waals surface area contributed by atoms with Gasteiger partial charge in [0.1, 0.15) is 6.04 Å². The summed E-state index contributed by atoms with van der Waals surface area (Å²) >= 11 is 11.6. The molecule has 8 heteroatoms. The van der Waals surface area contributed by atoms with E-state index in [1.807, 2.05) is 0 Å². The molecule has 1 atom stereocenters. The van der Waals surface area contributed by atoms with Gasteiger partial charge in [-0.15, -0.1) is 0 Å². The fourth-order valence-electron chi connectivity index (χ4n) is 1.47. The quantitative estimate of drug-likeness (QED) is 0.925. The van der Waals surface area contributed by atoms with E-state index in [1.54, 1.807) is 0 Å². The van der Waals surface area contributed by atoms with Gasteiger partial charge in [0.15, 0.2) is 0 Å². The summed E-state index contributed by atoms with van der Waals surface area (Å²) in [5.41, 5.74) is 0.116. The minimum Gasteiger partial charge on any atom is -0.480 e. The van der Waals surface area contributed by atoms with Crippen molar-refractivity contribution in [2.75, 3.05) is 10.6 Å². The van der Waals surface area contributed by atoms with Crippen LogP contribution in [0, 0.1) is 0 Å². The van der Waals surface area contributed by atoms with Crippen LogP contribution in [0.15, 0.2) is 18.2 Å². The molecule has 0 saturated carbocycles. The van der Waals surface area contributed by atoms with Gasteiger partial charge < -0.3 is 5.11 Å². The van der Waals surface area contributed by atoms with Crippen molar-refractivity contribution >= 4 is 44.9 Å². The van der Waals surface area contributed by atoms with E-state index in [2.05, 4.69) is 0 Å². The molecule has 1 aromatic carbocycles. The summed E-state index contributed by atoms with van der Waals surface area (Å²) in [4.78, 5) is 11.0. The van der Waals surface area contributed by atoms with Crippen LogP contribution >= 0.6 is 23.2 Å². The van der Waals surface area contributed by atoms with Crippen molar-refractivity contribution in [3.05, 3.63) is 28.2 Å². The van der Waals surface area contributed by atoms with Gasteiger partial charge in [0, 0.05) is 10.0 Å². The third-order valence-corrected chi connectivity index (χ3v) is 3.85. The highest BCUT2D eigenvalue weighted by atomic mass is 35.5. The monoisotopic (exact) mass is 311 g/mol. The molecule has 0 spiro atoms. The molecule has 0 aliphatic rings. The number of carboxylic acid groups (broad SMARTS) is 1. The van der Waals surface area contributed by atoms with Gasteiger partial charge in [-0.25, -0.2) is 13.2 Å². The van der Waals surface area contributed by atoms with Gasteiger partial charge in [0.2, 0.25) is 10.0 Å². The molecule has 0 unspecified atom stereocenters. The van der Waals surface area contributed by atoms with Gasteiger partial charge in [0.05, 0.1) is 11.9 Å². The van der Waals surface area contributed by atoms with E-state index < -0.39 is 22.0 Å². The number of rotatable bonds is 4. The molecule has 1 N–H and O–H groups in total. The molecule has 18 heavy (non-hydrogen) atoms. The summed E-state index contributed by atoms with van der Waals surface area (Å²) in [5, 5.41) is 9.39. The van der Waals surface area contributed by atoms with Crippen molar-refractivity contribution in [3.8, 4) is 0 Å². The van der Waals surface area contributed by atoms with Crippen LogP contribution in [-0.2, 0) is 14.8 Å². The fourth-order valence-corrected chi connectivity index (χ4v) is 3.14. The number of nitrogens with zero attached hydrogens (tertiary/aromatic N) is 1. The molecule has 0 heterocycles. The second kappa shape index (κ2) is 5.34. The van der Waals surface area contributed by atoms with Gasteiger partial charge in [-0.1, -0.05) is 23.2 Å². The molecule has 1 rings (SSSR count). The van der Waals surface area contributed by atoms with Crippen LogP contribution in [0.3, 0.4) is 0 Å². The van der Waals surface area contributed by atoms with E-state index in [0.717, 1.165) is 10.6 Å². The second-order valence-corrected chi connectivity index (χ2v) is 6.43. The first-order valence-electron chi connectivity index (χ1n) is 4.81. The number of benzene rings is 1. The van der Waals surface area contributed by atoms with Gasteiger partial charge >= 0.3 is 5.97 Å². The van der Waals surface area contributed by atoms with Gasteiger partial charge in [0.25, 0.3) is 0 Å². The fraction of sp³-hybridized carbons (Fsp3) is 0.300. The third kappa shape index (κ3) is 3.51. The second-order valence-electron chi connectivity index (χ2n) is 3.70. The normalized spacial score (nSPS) is 13.1. The molecule has 0 bridgehead atoms. The summed E-state index contributed by atoms with van der Waals surface area (Å²) in [6, 6.07) is 2.86. The maximum Gasteiger partial charge on any atom is 0.327 e. The Labute approximate surface area is 115 Å². The van der Waals surface area contributed by atoms with Crippen LogP contribution in [0.1, 0.15) is 6.92 Å². The number of anilines is 1. The van der Waals surface area contributed by atoms with Crippen LogP contribution in [0.25, 0.3) is 0 Å². The van der Waals surface area contributed by atoms with Crippen molar-refractivity contribution in [1.82, 2.24) is 0 Å². The number of sulfonamides is 1. The largest absolute Gasteiger partial charge is 0.480 e. The standard InChI is InChI=1S/C10H11Cl2NO4S/c1-6(10(14)15)13(18(2,16)17)9-4-7(11)3-8(12)5-9/h3-6H,1-2H3,(H,14,15)/t6-/m1/s1. The minimum atomic E-state index is -3.76. The minimum absolute atomic E-state index is 0.116. The van der Waals surface area contributed by atoms with Crippen LogP contribution in [0.2, 0.25) is 10.0 Å². The van der Waals surface area contributed by atoms with Gasteiger partial charge in [-0.3, -0.25) is 4.31 Å². The molecular formula is C10H11Cl2NO4S. The topological polar surface area (TPSA) is 74.7 Å². The van der Waals surface area contributed by atoms with Crippen molar-refractivity contribution in [3.63, 3.8) is 0 Å². The maximum atomic E-state index is 11.7. The highest BCUT2D eigenvalue weighted by Crippen LogP contribution is 2.28. The number of hydrogen-bond donors (Lipinski definition) is 1. The highest BCUT2D eigenvalue weighted by Gasteiger charge is 2.29. The Morgan fingerprint density at radius 3 is 2.06 bits per heavy atom. The van der Waals surface area contributed by atoms with Gasteiger partial charge in [-0.2, -0.15) is 0 Å². The van der Waals surface area contributed by atoms with E-state index in [-0.39, 0.29) is 15.7 Å². The molecule has 0 radical (unpaired) electrons. The Morgan fingerprint density at radius 1 is 1.28 bits per heavy atom. The Kier molecular flexibility index (Phi) is 4.47. The molecule has 0 aromatic heterocycles. The van der Waals surface area contributed by atoms with Crippen molar-refractivity contribution < 1.29 is 18.3 Å². The van der Waals surface area contributed by atoms with Crippen LogP contribution in [0.5, 0.6) is 0 Å². The Morgan fingerprint density at radius 2 is 1.72 bits per heavy atom. The summed E-state index contributed by atoms with van der Waals surface area (Å²) in [6.07, 6.45) is 0.918. The van der Waals surface area contributed by atoms with Gasteiger partial charge in [-0.05, 0) is 25.1 Å². The van der Waals surface area contributed by atoms with E-state index >= 15 is 0 Å². The average Bonchev–Trinajstić information content (AvgIpc) is 2.13. The molecule has 0 amide bonds. The number of halogens is 2. The number of carboxylic acids is 1.